The van der Waals surface area contributed by atoms with E-state index in [2.05, 4.69) is 11.2 Å². The fourth-order valence-corrected chi connectivity index (χ4v) is 1.85. The monoisotopic (exact) mass is 234 g/mol. The number of nitrogens with one attached hydrogen (secondary N) is 1. The molecule has 0 aromatic heterocycles. The minimum absolute atomic E-state index is 0.116. The van der Waals surface area contributed by atoms with Crippen LogP contribution in [0.25, 0.3) is 0 Å². The number of hydrogen-bond acceptors (Lipinski definition) is 2. The quantitative estimate of drug-likeness (QED) is 0.744. The number of terminal acetylenes is 1. The molecule has 92 valence electrons. The van der Waals surface area contributed by atoms with Crippen LogP contribution >= 0.6 is 0 Å². The number of nitrogens with zero attached hydrogens (tertiary/aromatic N) is 1. The van der Waals surface area contributed by atoms with Crippen molar-refractivity contribution in [3.05, 3.63) is 0 Å². The molecule has 0 spiro atoms. The Labute approximate surface area is 94.2 Å². The van der Waals surface area contributed by atoms with Crippen molar-refractivity contribution >= 4 is 0 Å². The molecule has 1 N–H and O–H groups in total. The van der Waals surface area contributed by atoms with Crippen molar-refractivity contribution < 1.29 is 13.2 Å². The van der Waals surface area contributed by atoms with Gasteiger partial charge in [0, 0.05) is 12.6 Å². The van der Waals surface area contributed by atoms with Crippen molar-refractivity contribution in [1.29, 1.82) is 0 Å². The van der Waals surface area contributed by atoms with E-state index in [1.54, 1.807) is 0 Å². The molecule has 1 heterocycles. The van der Waals surface area contributed by atoms with Gasteiger partial charge in [-0.1, -0.05) is 5.92 Å². The first-order valence-electron chi connectivity index (χ1n) is 5.47. The summed E-state index contributed by atoms with van der Waals surface area (Å²) >= 11 is 0. The standard InChI is InChI=1S/C11H17F3N2/c1-2-6-15-10-3-7-16(8-4-10)9-5-11(12,13)14/h1,10,15H,3-9H2. The second-order valence-electron chi connectivity index (χ2n) is 4.07. The van der Waals surface area contributed by atoms with Crippen LogP contribution in [0.5, 0.6) is 0 Å². The van der Waals surface area contributed by atoms with Gasteiger partial charge in [0.2, 0.25) is 0 Å². The van der Waals surface area contributed by atoms with E-state index < -0.39 is 12.6 Å². The van der Waals surface area contributed by atoms with E-state index in [1.807, 2.05) is 4.90 Å². The average molecular weight is 234 g/mol. The van der Waals surface area contributed by atoms with Crippen LogP contribution in [-0.4, -0.2) is 43.3 Å². The van der Waals surface area contributed by atoms with Crippen LogP contribution in [-0.2, 0) is 0 Å². The zero-order valence-electron chi connectivity index (χ0n) is 9.19. The summed E-state index contributed by atoms with van der Waals surface area (Å²) in [5, 5.41) is 3.18. The molecule has 0 bridgehead atoms. The van der Waals surface area contributed by atoms with Gasteiger partial charge in [-0.05, 0) is 25.9 Å². The first-order chi connectivity index (χ1) is 7.51. The Bertz CT molecular complexity index is 237. The molecule has 16 heavy (non-hydrogen) atoms. The van der Waals surface area contributed by atoms with Crippen LogP contribution in [0.1, 0.15) is 19.3 Å². The van der Waals surface area contributed by atoms with Crippen molar-refractivity contribution in [2.24, 2.45) is 0 Å². The first kappa shape index (κ1) is 13.3. The van der Waals surface area contributed by atoms with Gasteiger partial charge in [0.15, 0.2) is 0 Å². The maximum Gasteiger partial charge on any atom is 0.390 e. The second kappa shape index (κ2) is 6.12. The van der Waals surface area contributed by atoms with Gasteiger partial charge in [-0.2, -0.15) is 13.2 Å². The maximum absolute atomic E-state index is 12.0. The molecule has 5 heteroatoms. The normalized spacial score (nSPS) is 19.6. The summed E-state index contributed by atoms with van der Waals surface area (Å²) in [5.74, 6) is 2.50. The van der Waals surface area contributed by atoms with Crippen molar-refractivity contribution in [2.75, 3.05) is 26.2 Å². The molecule has 0 radical (unpaired) electrons. The molecule has 0 amide bonds. The van der Waals surface area contributed by atoms with Gasteiger partial charge in [-0.15, -0.1) is 6.42 Å². The van der Waals surface area contributed by atoms with Gasteiger partial charge in [-0.3, -0.25) is 0 Å². The molecule has 0 saturated carbocycles. The fraction of sp³-hybridized carbons (Fsp3) is 0.818. The average Bonchev–Trinajstić information content (AvgIpc) is 2.24. The largest absolute Gasteiger partial charge is 0.390 e. The topological polar surface area (TPSA) is 15.3 Å². The highest BCUT2D eigenvalue weighted by Gasteiger charge is 2.28. The Kier molecular flexibility index (Phi) is 5.10. The predicted molar refractivity (Wildman–Crippen MR) is 57.0 cm³/mol. The lowest BCUT2D eigenvalue weighted by molar-refractivity contribution is -0.138. The Morgan fingerprint density at radius 3 is 2.44 bits per heavy atom. The Balaban J connectivity index is 2.15. The molecule has 1 fully saturated rings. The van der Waals surface area contributed by atoms with Gasteiger partial charge in [0.25, 0.3) is 0 Å². The van der Waals surface area contributed by atoms with E-state index in [4.69, 9.17) is 6.42 Å². The zero-order chi connectivity index (χ0) is 12.0. The van der Waals surface area contributed by atoms with Gasteiger partial charge >= 0.3 is 6.18 Å². The summed E-state index contributed by atoms with van der Waals surface area (Å²) in [7, 11) is 0. The lowest BCUT2D eigenvalue weighted by Gasteiger charge is -2.32. The zero-order valence-corrected chi connectivity index (χ0v) is 9.19. The smallest absolute Gasteiger partial charge is 0.303 e. The summed E-state index contributed by atoms with van der Waals surface area (Å²) in [5.41, 5.74) is 0. The molecule has 0 atom stereocenters. The molecular formula is C11H17F3N2. The van der Waals surface area contributed by atoms with Crippen molar-refractivity contribution in [1.82, 2.24) is 10.2 Å². The Morgan fingerprint density at radius 1 is 1.31 bits per heavy atom. The van der Waals surface area contributed by atoms with E-state index in [9.17, 15) is 13.2 Å². The van der Waals surface area contributed by atoms with Crippen LogP contribution in [0.4, 0.5) is 13.2 Å². The Morgan fingerprint density at radius 2 is 1.94 bits per heavy atom. The van der Waals surface area contributed by atoms with Crippen LogP contribution in [0, 0.1) is 12.3 Å². The number of halogens is 3. The third-order valence-corrected chi connectivity index (χ3v) is 2.79. The third kappa shape index (κ3) is 5.38. The molecule has 1 aliphatic heterocycles. The summed E-state index contributed by atoms with van der Waals surface area (Å²) in [6.07, 6.45) is 2.11. The molecule has 0 aliphatic carbocycles. The van der Waals surface area contributed by atoms with Crippen molar-refractivity contribution in [3.63, 3.8) is 0 Å². The lowest BCUT2D eigenvalue weighted by atomic mass is 10.0. The minimum Gasteiger partial charge on any atom is -0.303 e. The van der Waals surface area contributed by atoms with E-state index in [0.29, 0.717) is 12.6 Å². The first-order valence-corrected chi connectivity index (χ1v) is 5.47. The summed E-state index contributed by atoms with van der Waals surface area (Å²) in [6, 6.07) is 0.359. The highest BCUT2D eigenvalue weighted by atomic mass is 19.4. The molecule has 1 aliphatic rings. The van der Waals surface area contributed by atoms with Crippen LogP contribution in [0.3, 0.4) is 0 Å². The lowest BCUT2D eigenvalue weighted by Crippen LogP contribution is -2.43. The number of hydrogen-bond donors (Lipinski definition) is 1. The Hall–Kier alpha value is -0.730. The molecule has 1 rings (SSSR count). The molecule has 2 nitrogen and oxygen atoms in total. The number of rotatable bonds is 4. The second-order valence-corrected chi connectivity index (χ2v) is 4.07. The van der Waals surface area contributed by atoms with Crippen molar-refractivity contribution in [3.8, 4) is 12.3 Å². The van der Waals surface area contributed by atoms with Gasteiger partial charge in [-0.25, -0.2) is 0 Å². The molecule has 1 saturated heterocycles. The third-order valence-electron chi connectivity index (χ3n) is 2.79. The highest BCUT2D eigenvalue weighted by Crippen LogP contribution is 2.21. The van der Waals surface area contributed by atoms with Gasteiger partial charge in [0.1, 0.15) is 0 Å². The summed E-state index contributed by atoms with van der Waals surface area (Å²) < 4.78 is 36.0. The molecule has 0 unspecified atom stereocenters. The summed E-state index contributed by atoms with van der Waals surface area (Å²) in [4.78, 5) is 1.86. The predicted octanol–water partition coefficient (Wildman–Crippen LogP) is 1.63. The molecular weight excluding hydrogens is 217 g/mol. The van der Waals surface area contributed by atoms with E-state index in [-0.39, 0.29) is 6.54 Å². The van der Waals surface area contributed by atoms with Crippen LogP contribution < -0.4 is 5.32 Å². The maximum atomic E-state index is 12.0. The van der Waals surface area contributed by atoms with Gasteiger partial charge < -0.3 is 10.2 Å². The van der Waals surface area contributed by atoms with Gasteiger partial charge in [0.05, 0.1) is 13.0 Å². The SMILES string of the molecule is C#CCNC1CCN(CCC(F)(F)F)CC1. The number of likely N-dealkylation sites (tertiary alicyclic amines) is 1. The minimum atomic E-state index is -4.04. The number of alkyl halides is 3. The van der Waals surface area contributed by atoms with E-state index in [0.717, 1.165) is 25.9 Å². The highest BCUT2D eigenvalue weighted by molar-refractivity contribution is 4.89. The van der Waals surface area contributed by atoms with E-state index >= 15 is 0 Å². The van der Waals surface area contributed by atoms with Crippen molar-refractivity contribution in [2.45, 2.75) is 31.5 Å². The van der Waals surface area contributed by atoms with E-state index in [1.165, 1.54) is 0 Å². The molecule has 0 aromatic rings. The summed E-state index contributed by atoms with van der Waals surface area (Å²) in [6.45, 7) is 2.09. The number of piperidine rings is 1. The van der Waals surface area contributed by atoms with Crippen LogP contribution in [0.15, 0.2) is 0 Å². The van der Waals surface area contributed by atoms with Crippen LogP contribution in [0.2, 0.25) is 0 Å². The fourth-order valence-electron chi connectivity index (χ4n) is 1.85. The molecule has 0 aromatic carbocycles.